The summed E-state index contributed by atoms with van der Waals surface area (Å²) in [5, 5.41) is 2.85. The van der Waals surface area contributed by atoms with E-state index >= 15 is 0 Å². The first-order valence-electron chi connectivity index (χ1n) is 7.00. The van der Waals surface area contributed by atoms with Gasteiger partial charge in [0, 0.05) is 5.66 Å². The van der Waals surface area contributed by atoms with Gasteiger partial charge >= 0.3 is 0 Å². The van der Waals surface area contributed by atoms with E-state index in [0.717, 1.165) is 6.42 Å². The molecule has 0 aliphatic heterocycles. The van der Waals surface area contributed by atoms with Crippen molar-refractivity contribution in [2.24, 2.45) is 0 Å². The molecule has 0 spiro atoms. The van der Waals surface area contributed by atoms with Crippen molar-refractivity contribution in [3.63, 3.8) is 0 Å². The molecule has 0 saturated carbocycles. The summed E-state index contributed by atoms with van der Waals surface area (Å²) < 4.78 is 0. The lowest BCUT2D eigenvalue weighted by Crippen LogP contribution is -2.13. The highest BCUT2D eigenvalue weighted by Gasteiger charge is 2.22. The van der Waals surface area contributed by atoms with Gasteiger partial charge in [-0.05, 0) is 31.9 Å². The van der Waals surface area contributed by atoms with Crippen LogP contribution in [0.2, 0.25) is 0 Å². The summed E-state index contributed by atoms with van der Waals surface area (Å²) in [5.74, 6) is 0. The Morgan fingerprint density at radius 1 is 1.25 bits per heavy atom. The highest BCUT2D eigenvalue weighted by Crippen LogP contribution is 2.51. The van der Waals surface area contributed by atoms with Crippen LogP contribution in [0.4, 0.5) is 0 Å². The van der Waals surface area contributed by atoms with Gasteiger partial charge in [-0.1, -0.05) is 85.5 Å². The largest absolute Gasteiger partial charge is 0.0991 e. The third-order valence-corrected chi connectivity index (χ3v) is 6.17. The van der Waals surface area contributed by atoms with Crippen LogP contribution >= 0.6 is 7.92 Å². The molecule has 0 aromatic heterocycles. The minimum atomic E-state index is -0.361. The Morgan fingerprint density at radius 2 is 2.05 bits per heavy atom. The molecule has 0 heterocycles. The first kappa shape index (κ1) is 14.8. The van der Waals surface area contributed by atoms with Crippen LogP contribution in [0.15, 0.2) is 90.8 Å². The van der Waals surface area contributed by atoms with Crippen molar-refractivity contribution in [2.45, 2.75) is 19.0 Å². The summed E-state index contributed by atoms with van der Waals surface area (Å²) >= 11 is 0. The molecule has 0 bridgehead atoms. The van der Waals surface area contributed by atoms with Crippen molar-refractivity contribution in [3.8, 4) is 0 Å². The number of hydrogen-bond donors (Lipinski definition) is 0. The quantitative estimate of drug-likeness (QED) is 0.505. The van der Waals surface area contributed by atoms with Crippen LogP contribution in [-0.2, 0) is 0 Å². The van der Waals surface area contributed by atoms with Crippen molar-refractivity contribution in [3.05, 3.63) is 90.8 Å². The number of allylic oxidation sites excluding steroid dienone is 9. The van der Waals surface area contributed by atoms with Gasteiger partial charge in [0.15, 0.2) is 0 Å². The monoisotopic (exact) mass is 280 g/mol. The molecule has 20 heavy (non-hydrogen) atoms. The van der Waals surface area contributed by atoms with E-state index in [1.807, 2.05) is 12.2 Å². The summed E-state index contributed by atoms with van der Waals surface area (Å²) in [7, 11) is -0.361. The molecule has 0 fully saturated rings. The lowest BCUT2D eigenvalue weighted by atomic mass is 10.2. The van der Waals surface area contributed by atoms with Gasteiger partial charge in [-0.3, -0.25) is 0 Å². The lowest BCUT2D eigenvalue weighted by molar-refractivity contribution is 1.05. The summed E-state index contributed by atoms with van der Waals surface area (Å²) in [4.78, 5) is 0. The summed E-state index contributed by atoms with van der Waals surface area (Å²) in [6.07, 6.45) is 18.4. The summed E-state index contributed by atoms with van der Waals surface area (Å²) in [6.45, 7) is 5.91. The van der Waals surface area contributed by atoms with Gasteiger partial charge in [-0.15, -0.1) is 0 Å². The Hall–Kier alpha value is -1.65. The van der Waals surface area contributed by atoms with Crippen molar-refractivity contribution in [1.82, 2.24) is 0 Å². The molecule has 2 atom stereocenters. The average Bonchev–Trinajstić information content (AvgIpc) is 2.53. The summed E-state index contributed by atoms with van der Waals surface area (Å²) in [6, 6.07) is 10.9. The molecule has 1 heteroatoms. The van der Waals surface area contributed by atoms with Gasteiger partial charge in [0.2, 0.25) is 0 Å². The predicted octanol–water partition coefficient (Wildman–Crippen LogP) is 5.32. The second kappa shape index (κ2) is 7.82. The van der Waals surface area contributed by atoms with E-state index in [-0.39, 0.29) is 7.92 Å². The smallest absolute Gasteiger partial charge is 0.00882 e. The average molecular weight is 280 g/mol. The lowest BCUT2D eigenvalue weighted by Gasteiger charge is -2.27. The predicted molar refractivity (Wildman–Crippen MR) is 92.8 cm³/mol. The minimum absolute atomic E-state index is 0.361. The number of benzene rings is 1. The van der Waals surface area contributed by atoms with E-state index in [9.17, 15) is 0 Å². The van der Waals surface area contributed by atoms with Gasteiger partial charge < -0.3 is 0 Å². The standard InChI is InChI=1S/C19H21P/c1-3-5-12-17(4-2)20(18-13-8-6-9-14-18)19-15-10-7-11-16-19/h3-15,19H,1,16H2,2H3/b12-5-,17-4+. The zero-order valence-corrected chi connectivity index (χ0v) is 12.8. The van der Waals surface area contributed by atoms with E-state index in [1.165, 1.54) is 10.6 Å². The molecule has 102 valence electrons. The topological polar surface area (TPSA) is 0 Å². The second-order valence-corrected chi connectivity index (χ2v) is 7.07. The van der Waals surface area contributed by atoms with Crippen LogP contribution in [0.3, 0.4) is 0 Å². The minimum Gasteiger partial charge on any atom is -0.0991 e. The molecule has 1 aliphatic rings. The molecule has 0 N–H and O–H groups in total. The Labute approximate surface area is 123 Å². The fourth-order valence-corrected chi connectivity index (χ4v) is 5.05. The number of rotatable bonds is 5. The van der Waals surface area contributed by atoms with Gasteiger partial charge in [-0.25, -0.2) is 0 Å². The van der Waals surface area contributed by atoms with Crippen LogP contribution in [0.25, 0.3) is 0 Å². The van der Waals surface area contributed by atoms with Gasteiger partial charge in [0.05, 0.1) is 0 Å². The first-order chi connectivity index (χ1) is 9.86. The maximum Gasteiger partial charge on any atom is 0.00882 e. The molecular formula is C19H21P. The Kier molecular flexibility index (Phi) is 5.77. The molecule has 0 nitrogen and oxygen atoms in total. The molecule has 2 rings (SSSR count). The van der Waals surface area contributed by atoms with Crippen molar-refractivity contribution >= 4 is 13.2 Å². The van der Waals surface area contributed by atoms with Crippen LogP contribution in [0.1, 0.15) is 13.3 Å². The van der Waals surface area contributed by atoms with Gasteiger partial charge in [0.25, 0.3) is 0 Å². The zero-order chi connectivity index (χ0) is 14.2. The van der Waals surface area contributed by atoms with Gasteiger partial charge in [0.1, 0.15) is 0 Å². The molecule has 2 unspecified atom stereocenters. The molecule has 1 aliphatic carbocycles. The Bertz CT molecular complexity index is 546. The highest BCUT2D eigenvalue weighted by molar-refractivity contribution is 7.70. The highest BCUT2D eigenvalue weighted by atomic mass is 31.1. The first-order valence-corrected chi connectivity index (χ1v) is 8.41. The molecule has 1 aromatic carbocycles. The molecule has 1 aromatic rings. The van der Waals surface area contributed by atoms with Crippen LogP contribution in [0.5, 0.6) is 0 Å². The summed E-state index contributed by atoms with van der Waals surface area (Å²) in [5.41, 5.74) is 0.582. The Balaban J connectivity index is 2.38. The third-order valence-electron chi connectivity index (χ3n) is 3.30. The number of hydrogen-bond acceptors (Lipinski definition) is 0. The van der Waals surface area contributed by atoms with Crippen molar-refractivity contribution < 1.29 is 0 Å². The third kappa shape index (κ3) is 3.68. The maximum absolute atomic E-state index is 3.78. The fourth-order valence-electron chi connectivity index (χ4n) is 2.36. The van der Waals surface area contributed by atoms with Gasteiger partial charge in [-0.2, -0.15) is 0 Å². The van der Waals surface area contributed by atoms with E-state index in [2.05, 4.69) is 80.3 Å². The Morgan fingerprint density at radius 3 is 2.65 bits per heavy atom. The maximum atomic E-state index is 3.78. The molecule has 0 radical (unpaired) electrons. The van der Waals surface area contributed by atoms with Crippen LogP contribution in [-0.4, -0.2) is 5.66 Å². The second-order valence-electron chi connectivity index (χ2n) is 4.63. The van der Waals surface area contributed by atoms with E-state index < -0.39 is 0 Å². The molecule has 0 saturated heterocycles. The van der Waals surface area contributed by atoms with E-state index in [1.54, 1.807) is 0 Å². The SMILES string of the molecule is C=C/C=C\C(=C/C)P(c1ccccc1)C1C=CC=CC1. The van der Waals surface area contributed by atoms with E-state index in [4.69, 9.17) is 0 Å². The van der Waals surface area contributed by atoms with Crippen molar-refractivity contribution in [1.29, 1.82) is 0 Å². The van der Waals surface area contributed by atoms with Crippen LogP contribution < -0.4 is 5.30 Å². The van der Waals surface area contributed by atoms with Crippen molar-refractivity contribution in [2.75, 3.05) is 0 Å². The van der Waals surface area contributed by atoms with E-state index in [0.29, 0.717) is 5.66 Å². The molecule has 0 amide bonds. The fraction of sp³-hybridized carbons (Fsp3) is 0.158. The normalized spacial score (nSPS) is 20.2. The molecular weight excluding hydrogens is 259 g/mol. The van der Waals surface area contributed by atoms with Crippen LogP contribution in [0, 0.1) is 0 Å². The zero-order valence-electron chi connectivity index (χ0n) is 11.9.